The van der Waals surface area contributed by atoms with E-state index in [4.69, 9.17) is 0 Å². The van der Waals surface area contributed by atoms with Gasteiger partial charge in [-0.2, -0.15) is 0 Å². The van der Waals surface area contributed by atoms with Crippen molar-refractivity contribution in [2.75, 3.05) is 13.1 Å². The highest BCUT2D eigenvalue weighted by molar-refractivity contribution is 5.63. The van der Waals surface area contributed by atoms with E-state index >= 15 is 0 Å². The summed E-state index contributed by atoms with van der Waals surface area (Å²) in [6.45, 7) is 5.98. The van der Waals surface area contributed by atoms with Crippen molar-refractivity contribution in [3.05, 3.63) is 45.1 Å². The van der Waals surface area contributed by atoms with E-state index in [1.807, 2.05) is 32.2 Å². The predicted octanol–water partition coefficient (Wildman–Crippen LogP) is 3.28. The molecule has 1 aromatic rings. The van der Waals surface area contributed by atoms with Gasteiger partial charge in [-0.05, 0) is 56.2 Å². The molecule has 1 saturated heterocycles. The molecule has 0 unspecified atom stereocenters. The van der Waals surface area contributed by atoms with Crippen molar-refractivity contribution < 1.29 is 4.92 Å². The molecule has 1 heterocycles. The number of hydrogen-bond donors (Lipinski definition) is 0. The summed E-state index contributed by atoms with van der Waals surface area (Å²) in [6, 6.07) is 3.54. The molecule has 0 saturated carbocycles. The van der Waals surface area contributed by atoms with Crippen LogP contribution in [0.15, 0.2) is 18.3 Å². The largest absolute Gasteiger partial charge is 0.377 e. The molecule has 0 spiro atoms. The zero-order valence-electron chi connectivity index (χ0n) is 10.8. The molecule has 0 N–H and O–H groups in total. The number of aryl methyl sites for hydroxylation is 2. The van der Waals surface area contributed by atoms with Crippen molar-refractivity contribution in [2.45, 2.75) is 26.7 Å². The molecular weight excluding hydrogens is 228 g/mol. The van der Waals surface area contributed by atoms with E-state index in [1.54, 1.807) is 6.07 Å². The lowest BCUT2D eigenvalue weighted by molar-refractivity contribution is -0.385. The smallest absolute Gasteiger partial charge is 0.276 e. The highest BCUT2D eigenvalue weighted by Gasteiger charge is 2.14. The number of likely N-dealkylation sites (tertiary alicyclic amines) is 1. The Morgan fingerprint density at radius 3 is 2.44 bits per heavy atom. The van der Waals surface area contributed by atoms with Gasteiger partial charge in [-0.15, -0.1) is 0 Å². The lowest BCUT2D eigenvalue weighted by atomic mass is 10.0. The second-order valence-corrected chi connectivity index (χ2v) is 4.81. The van der Waals surface area contributed by atoms with Gasteiger partial charge in [-0.1, -0.05) is 0 Å². The van der Waals surface area contributed by atoms with E-state index in [-0.39, 0.29) is 10.6 Å². The average molecular weight is 246 g/mol. The third-order valence-electron chi connectivity index (χ3n) is 3.45. The van der Waals surface area contributed by atoms with Crippen LogP contribution in [-0.2, 0) is 0 Å². The van der Waals surface area contributed by atoms with Gasteiger partial charge in [-0.25, -0.2) is 0 Å². The molecular formula is C14H18N2O2. The van der Waals surface area contributed by atoms with Gasteiger partial charge in [0, 0.05) is 19.2 Å². The highest BCUT2D eigenvalue weighted by Crippen LogP contribution is 2.24. The SMILES string of the molecule is Cc1cc(C=CN2CCCC2)c([N+](=O)[O-])cc1C. The molecule has 4 heteroatoms. The zero-order chi connectivity index (χ0) is 13.1. The Hall–Kier alpha value is -1.84. The summed E-state index contributed by atoms with van der Waals surface area (Å²) in [5.41, 5.74) is 2.92. The van der Waals surface area contributed by atoms with Gasteiger partial charge in [0.2, 0.25) is 0 Å². The fraction of sp³-hybridized carbons (Fsp3) is 0.429. The van der Waals surface area contributed by atoms with Crippen LogP contribution < -0.4 is 0 Å². The number of benzene rings is 1. The van der Waals surface area contributed by atoms with E-state index in [0.29, 0.717) is 5.56 Å². The molecule has 18 heavy (non-hydrogen) atoms. The first-order valence-corrected chi connectivity index (χ1v) is 6.26. The van der Waals surface area contributed by atoms with Crippen LogP contribution in [0.25, 0.3) is 6.08 Å². The number of nitrogens with zero attached hydrogens (tertiary/aromatic N) is 2. The van der Waals surface area contributed by atoms with E-state index in [2.05, 4.69) is 4.90 Å². The summed E-state index contributed by atoms with van der Waals surface area (Å²) in [4.78, 5) is 12.9. The maximum atomic E-state index is 11.0. The van der Waals surface area contributed by atoms with E-state index in [0.717, 1.165) is 24.2 Å². The van der Waals surface area contributed by atoms with Crippen LogP contribution in [0.5, 0.6) is 0 Å². The van der Waals surface area contributed by atoms with Crippen LogP contribution in [0, 0.1) is 24.0 Å². The molecule has 0 bridgehead atoms. The standard InChI is InChI=1S/C14H18N2O2/c1-11-9-13(5-8-15-6-3-4-7-15)14(16(17)18)10-12(11)2/h5,8-10H,3-4,6-7H2,1-2H3. The second-order valence-electron chi connectivity index (χ2n) is 4.81. The summed E-state index contributed by atoms with van der Waals surface area (Å²) in [7, 11) is 0. The molecule has 96 valence electrons. The molecule has 1 fully saturated rings. The summed E-state index contributed by atoms with van der Waals surface area (Å²) in [5, 5.41) is 11.0. The molecule has 1 aliphatic heterocycles. The van der Waals surface area contributed by atoms with E-state index < -0.39 is 0 Å². The van der Waals surface area contributed by atoms with Crippen LogP contribution in [-0.4, -0.2) is 22.9 Å². The Kier molecular flexibility index (Phi) is 3.65. The maximum absolute atomic E-state index is 11.0. The molecule has 2 rings (SSSR count). The molecule has 0 aliphatic carbocycles. The minimum absolute atomic E-state index is 0.188. The monoisotopic (exact) mass is 246 g/mol. The zero-order valence-corrected chi connectivity index (χ0v) is 10.8. The van der Waals surface area contributed by atoms with Crippen molar-refractivity contribution in [2.24, 2.45) is 0 Å². The van der Waals surface area contributed by atoms with Gasteiger partial charge in [-0.3, -0.25) is 10.1 Å². The van der Waals surface area contributed by atoms with Gasteiger partial charge in [0.05, 0.1) is 10.5 Å². The molecule has 0 aromatic heterocycles. The Bertz CT molecular complexity index is 489. The van der Waals surface area contributed by atoms with Crippen LogP contribution in [0.2, 0.25) is 0 Å². The van der Waals surface area contributed by atoms with Crippen LogP contribution in [0.4, 0.5) is 5.69 Å². The third-order valence-corrected chi connectivity index (χ3v) is 3.45. The minimum atomic E-state index is -0.309. The van der Waals surface area contributed by atoms with Gasteiger partial charge in [0.25, 0.3) is 5.69 Å². The van der Waals surface area contributed by atoms with Crippen molar-refractivity contribution in [3.8, 4) is 0 Å². The number of nitro benzene ring substituents is 1. The highest BCUT2D eigenvalue weighted by atomic mass is 16.6. The summed E-state index contributed by atoms with van der Waals surface area (Å²) >= 11 is 0. The van der Waals surface area contributed by atoms with Crippen LogP contribution in [0.1, 0.15) is 29.5 Å². The molecule has 1 aliphatic rings. The average Bonchev–Trinajstić information content (AvgIpc) is 2.83. The molecule has 0 radical (unpaired) electrons. The topological polar surface area (TPSA) is 46.4 Å². The first kappa shape index (κ1) is 12.6. The first-order valence-electron chi connectivity index (χ1n) is 6.26. The Morgan fingerprint density at radius 1 is 1.22 bits per heavy atom. The normalized spacial score (nSPS) is 15.6. The number of nitro groups is 1. The minimum Gasteiger partial charge on any atom is -0.377 e. The van der Waals surface area contributed by atoms with Gasteiger partial charge >= 0.3 is 0 Å². The molecule has 0 atom stereocenters. The Balaban J connectivity index is 2.30. The maximum Gasteiger partial charge on any atom is 0.276 e. The molecule has 0 amide bonds. The molecule has 1 aromatic carbocycles. The lowest BCUT2D eigenvalue weighted by Crippen LogP contribution is -2.10. The number of rotatable bonds is 3. The Morgan fingerprint density at radius 2 is 1.83 bits per heavy atom. The summed E-state index contributed by atoms with van der Waals surface area (Å²) in [5.74, 6) is 0. The fourth-order valence-corrected chi connectivity index (χ4v) is 2.19. The third kappa shape index (κ3) is 2.70. The van der Waals surface area contributed by atoms with Crippen molar-refractivity contribution in [1.29, 1.82) is 0 Å². The van der Waals surface area contributed by atoms with E-state index in [9.17, 15) is 10.1 Å². The lowest BCUT2D eigenvalue weighted by Gasteiger charge is -2.10. The van der Waals surface area contributed by atoms with Gasteiger partial charge in [0.1, 0.15) is 0 Å². The predicted molar refractivity (Wildman–Crippen MR) is 72.4 cm³/mol. The fourth-order valence-electron chi connectivity index (χ4n) is 2.19. The summed E-state index contributed by atoms with van der Waals surface area (Å²) < 4.78 is 0. The van der Waals surface area contributed by atoms with E-state index in [1.165, 1.54) is 12.8 Å². The second kappa shape index (κ2) is 5.21. The van der Waals surface area contributed by atoms with Gasteiger partial charge < -0.3 is 4.90 Å². The summed E-state index contributed by atoms with van der Waals surface area (Å²) in [6.07, 6.45) is 6.25. The van der Waals surface area contributed by atoms with Crippen molar-refractivity contribution >= 4 is 11.8 Å². The number of hydrogen-bond acceptors (Lipinski definition) is 3. The van der Waals surface area contributed by atoms with Crippen LogP contribution >= 0.6 is 0 Å². The van der Waals surface area contributed by atoms with Crippen molar-refractivity contribution in [3.63, 3.8) is 0 Å². The van der Waals surface area contributed by atoms with Crippen molar-refractivity contribution in [1.82, 2.24) is 4.90 Å². The van der Waals surface area contributed by atoms with Crippen LogP contribution in [0.3, 0.4) is 0 Å². The Labute approximate surface area is 107 Å². The molecule has 4 nitrogen and oxygen atoms in total. The quantitative estimate of drug-likeness (QED) is 0.607. The van der Waals surface area contributed by atoms with Gasteiger partial charge in [0.15, 0.2) is 0 Å². The first-order chi connectivity index (χ1) is 8.58.